The van der Waals surface area contributed by atoms with Crippen molar-refractivity contribution in [1.82, 2.24) is 10.2 Å². The van der Waals surface area contributed by atoms with E-state index in [0.717, 1.165) is 25.0 Å². The standard InChI is InChI=1S/C25H29F3N2O3/c1-24(2,3)33-23(32)30-14-6-7-17(16-30)15-29-22(31)21-9-5-4-8-20(21)18-10-12-19(13-11-18)25(26,27)28/h4-5,8-13,17H,6-7,14-16H2,1-3H3,(H,29,31). The first kappa shape index (κ1) is 24.6. The Hall–Kier alpha value is -3.03. The molecule has 0 bridgehead atoms. The lowest BCUT2D eigenvalue weighted by molar-refractivity contribution is -0.137. The molecule has 1 unspecified atom stereocenters. The van der Waals surface area contributed by atoms with Gasteiger partial charge in [0, 0.05) is 25.2 Å². The molecular weight excluding hydrogens is 433 g/mol. The first-order valence-corrected chi connectivity index (χ1v) is 11.0. The molecule has 8 heteroatoms. The van der Waals surface area contributed by atoms with E-state index in [4.69, 9.17) is 4.74 Å². The van der Waals surface area contributed by atoms with Crippen molar-refractivity contribution in [1.29, 1.82) is 0 Å². The Morgan fingerprint density at radius 2 is 1.73 bits per heavy atom. The molecule has 178 valence electrons. The van der Waals surface area contributed by atoms with Crippen LogP contribution >= 0.6 is 0 Å². The van der Waals surface area contributed by atoms with Gasteiger partial charge in [0.25, 0.3) is 5.91 Å². The fourth-order valence-electron chi connectivity index (χ4n) is 3.83. The van der Waals surface area contributed by atoms with Gasteiger partial charge in [-0.2, -0.15) is 13.2 Å². The molecule has 2 aromatic carbocycles. The molecule has 1 aliphatic rings. The number of carbonyl (C=O) groups is 2. The Bertz CT molecular complexity index is 982. The van der Waals surface area contributed by atoms with Gasteiger partial charge in [-0.05, 0) is 68.9 Å². The summed E-state index contributed by atoms with van der Waals surface area (Å²) in [5.41, 5.74) is 0.169. The number of benzene rings is 2. The van der Waals surface area contributed by atoms with Crippen molar-refractivity contribution in [2.24, 2.45) is 5.92 Å². The Morgan fingerprint density at radius 1 is 1.06 bits per heavy atom. The Balaban J connectivity index is 1.65. The fraction of sp³-hybridized carbons (Fsp3) is 0.440. The molecule has 1 saturated heterocycles. The Labute approximate surface area is 191 Å². The van der Waals surface area contributed by atoms with Crippen molar-refractivity contribution in [2.75, 3.05) is 19.6 Å². The van der Waals surface area contributed by atoms with Crippen LogP contribution < -0.4 is 5.32 Å². The van der Waals surface area contributed by atoms with Crippen molar-refractivity contribution in [3.05, 3.63) is 59.7 Å². The molecule has 2 amide bonds. The predicted octanol–water partition coefficient (Wildman–Crippen LogP) is 5.75. The van der Waals surface area contributed by atoms with Crippen LogP contribution in [0.4, 0.5) is 18.0 Å². The van der Waals surface area contributed by atoms with Crippen molar-refractivity contribution in [3.63, 3.8) is 0 Å². The van der Waals surface area contributed by atoms with Crippen molar-refractivity contribution in [3.8, 4) is 11.1 Å². The zero-order valence-electron chi connectivity index (χ0n) is 19.0. The predicted molar refractivity (Wildman–Crippen MR) is 120 cm³/mol. The number of likely N-dealkylation sites (tertiary alicyclic amines) is 1. The van der Waals surface area contributed by atoms with Crippen LogP contribution in [0, 0.1) is 5.92 Å². The van der Waals surface area contributed by atoms with E-state index in [-0.39, 0.29) is 17.9 Å². The number of hydrogen-bond donors (Lipinski definition) is 1. The molecule has 0 spiro atoms. The largest absolute Gasteiger partial charge is 0.444 e. The number of carbonyl (C=O) groups excluding carboxylic acids is 2. The minimum absolute atomic E-state index is 0.0912. The molecule has 3 rings (SSSR count). The van der Waals surface area contributed by atoms with Gasteiger partial charge >= 0.3 is 12.3 Å². The van der Waals surface area contributed by atoms with Crippen molar-refractivity contribution < 1.29 is 27.5 Å². The maximum atomic E-state index is 12.9. The van der Waals surface area contributed by atoms with Gasteiger partial charge in [-0.25, -0.2) is 4.79 Å². The maximum absolute atomic E-state index is 12.9. The highest BCUT2D eigenvalue weighted by Gasteiger charge is 2.30. The van der Waals surface area contributed by atoms with Crippen LogP contribution in [-0.2, 0) is 10.9 Å². The third-order valence-electron chi connectivity index (χ3n) is 5.42. The second-order valence-electron chi connectivity index (χ2n) is 9.27. The number of ether oxygens (including phenoxy) is 1. The molecule has 5 nitrogen and oxygen atoms in total. The summed E-state index contributed by atoms with van der Waals surface area (Å²) in [5, 5.41) is 2.92. The Kier molecular flexibility index (Phi) is 7.34. The van der Waals surface area contributed by atoms with E-state index in [0.29, 0.717) is 36.3 Å². The SMILES string of the molecule is CC(C)(C)OC(=O)N1CCCC(CNC(=O)c2ccccc2-c2ccc(C(F)(F)F)cc2)C1. The quantitative estimate of drug-likeness (QED) is 0.630. The summed E-state index contributed by atoms with van der Waals surface area (Å²) >= 11 is 0. The lowest BCUT2D eigenvalue weighted by atomic mass is 9.96. The minimum Gasteiger partial charge on any atom is -0.444 e. The van der Waals surface area contributed by atoms with Crippen LogP contribution in [0.2, 0.25) is 0 Å². The number of nitrogens with zero attached hydrogens (tertiary/aromatic N) is 1. The molecule has 1 fully saturated rings. The van der Waals surface area contributed by atoms with Crippen LogP contribution in [0.3, 0.4) is 0 Å². The van der Waals surface area contributed by atoms with Crippen LogP contribution in [0.1, 0.15) is 49.5 Å². The summed E-state index contributed by atoms with van der Waals surface area (Å²) in [6.07, 6.45) is -3.07. The van der Waals surface area contributed by atoms with Gasteiger partial charge in [0.1, 0.15) is 5.60 Å². The normalized spacial score (nSPS) is 16.9. The van der Waals surface area contributed by atoms with Crippen LogP contribution in [0.25, 0.3) is 11.1 Å². The lowest BCUT2D eigenvalue weighted by Gasteiger charge is -2.34. The maximum Gasteiger partial charge on any atom is 0.416 e. The molecular formula is C25H29F3N2O3. The van der Waals surface area contributed by atoms with Crippen LogP contribution in [0.5, 0.6) is 0 Å². The summed E-state index contributed by atoms with van der Waals surface area (Å²) < 4.78 is 44.0. The van der Waals surface area contributed by atoms with Crippen molar-refractivity contribution in [2.45, 2.75) is 45.4 Å². The first-order chi connectivity index (χ1) is 15.4. The minimum atomic E-state index is -4.41. The number of amides is 2. The molecule has 0 aliphatic carbocycles. The van der Waals surface area contributed by atoms with Crippen LogP contribution in [-0.4, -0.2) is 42.1 Å². The highest BCUT2D eigenvalue weighted by atomic mass is 19.4. The number of piperidine rings is 1. The van der Waals surface area contributed by atoms with Gasteiger partial charge in [0.2, 0.25) is 0 Å². The molecule has 0 radical (unpaired) electrons. The molecule has 1 aliphatic heterocycles. The third-order valence-corrected chi connectivity index (χ3v) is 5.42. The number of halogens is 3. The van der Waals surface area contributed by atoms with Gasteiger partial charge in [0.15, 0.2) is 0 Å². The summed E-state index contributed by atoms with van der Waals surface area (Å²) in [6.45, 7) is 6.97. The second kappa shape index (κ2) is 9.85. The summed E-state index contributed by atoms with van der Waals surface area (Å²) in [5.74, 6) is -0.215. The average Bonchev–Trinajstić information content (AvgIpc) is 2.76. The van der Waals surface area contributed by atoms with E-state index in [1.807, 2.05) is 20.8 Å². The lowest BCUT2D eigenvalue weighted by Crippen LogP contribution is -2.45. The summed E-state index contributed by atoms with van der Waals surface area (Å²) in [4.78, 5) is 26.9. The van der Waals surface area contributed by atoms with E-state index in [9.17, 15) is 22.8 Å². The highest BCUT2D eigenvalue weighted by molar-refractivity contribution is 6.00. The topological polar surface area (TPSA) is 58.6 Å². The van der Waals surface area contributed by atoms with Crippen LogP contribution in [0.15, 0.2) is 48.5 Å². The Morgan fingerprint density at radius 3 is 2.36 bits per heavy atom. The van der Waals surface area contributed by atoms with Crippen molar-refractivity contribution >= 4 is 12.0 Å². The average molecular weight is 463 g/mol. The first-order valence-electron chi connectivity index (χ1n) is 11.0. The van der Waals surface area contributed by atoms with E-state index in [1.165, 1.54) is 12.1 Å². The molecule has 1 N–H and O–H groups in total. The van der Waals surface area contributed by atoms with Gasteiger partial charge in [-0.1, -0.05) is 30.3 Å². The van der Waals surface area contributed by atoms with Gasteiger partial charge in [-0.15, -0.1) is 0 Å². The molecule has 1 atom stereocenters. The smallest absolute Gasteiger partial charge is 0.416 e. The molecule has 0 aromatic heterocycles. The highest BCUT2D eigenvalue weighted by Crippen LogP contribution is 2.32. The van der Waals surface area contributed by atoms with E-state index < -0.39 is 17.3 Å². The van der Waals surface area contributed by atoms with Gasteiger partial charge < -0.3 is 15.0 Å². The number of rotatable bonds is 4. The second-order valence-corrected chi connectivity index (χ2v) is 9.27. The zero-order valence-corrected chi connectivity index (χ0v) is 19.0. The summed E-state index contributed by atoms with van der Waals surface area (Å²) in [7, 11) is 0. The summed E-state index contributed by atoms with van der Waals surface area (Å²) in [6, 6.07) is 11.6. The fourth-order valence-corrected chi connectivity index (χ4v) is 3.83. The third kappa shape index (κ3) is 6.73. The number of alkyl halides is 3. The van der Waals surface area contributed by atoms with Gasteiger partial charge in [0.05, 0.1) is 5.56 Å². The molecule has 33 heavy (non-hydrogen) atoms. The van der Waals surface area contributed by atoms with E-state index >= 15 is 0 Å². The molecule has 0 saturated carbocycles. The number of hydrogen-bond acceptors (Lipinski definition) is 3. The monoisotopic (exact) mass is 462 g/mol. The molecule has 2 aromatic rings. The number of nitrogens with one attached hydrogen (secondary N) is 1. The van der Waals surface area contributed by atoms with Gasteiger partial charge in [-0.3, -0.25) is 4.79 Å². The molecule has 1 heterocycles. The van der Waals surface area contributed by atoms with E-state index in [2.05, 4.69) is 5.32 Å². The zero-order chi connectivity index (χ0) is 24.2. The van der Waals surface area contributed by atoms with E-state index in [1.54, 1.807) is 29.2 Å².